The second-order valence-electron chi connectivity index (χ2n) is 4.89. The maximum Gasteiger partial charge on any atom is 0.408 e. The molecule has 0 aliphatic rings. The van der Waals surface area contributed by atoms with Crippen LogP contribution in [0.2, 0.25) is 0 Å². The number of aliphatic carboxylic acids is 1. The molecule has 2 N–H and O–H groups in total. The highest BCUT2D eigenvalue weighted by Crippen LogP contribution is 2.15. The van der Waals surface area contributed by atoms with Gasteiger partial charge in [-0.1, -0.05) is 30.3 Å². The van der Waals surface area contributed by atoms with Crippen molar-refractivity contribution < 1.29 is 19.4 Å². The van der Waals surface area contributed by atoms with Crippen molar-refractivity contribution in [3.05, 3.63) is 59.7 Å². The van der Waals surface area contributed by atoms with Gasteiger partial charge < -0.3 is 15.2 Å². The summed E-state index contributed by atoms with van der Waals surface area (Å²) in [5.41, 5.74) is 1.27. The van der Waals surface area contributed by atoms with E-state index in [1.165, 1.54) is 6.20 Å². The van der Waals surface area contributed by atoms with Crippen molar-refractivity contribution in [1.29, 1.82) is 0 Å². The fraction of sp³-hybridized carbons (Fsp3) is 0.250. The number of rotatable bonds is 6. The molecular formula is C16H17N3O4. The number of ether oxygens (including phenoxy) is 1. The second-order valence-corrected chi connectivity index (χ2v) is 4.89. The predicted molar refractivity (Wildman–Crippen MR) is 81.5 cm³/mol. The van der Waals surface area contributed by atoms with E-state index in [1.807, 2.05) is 30.3 Å². The third-order valence-electron chi connectivity index (χ3n) is 3.04. The van der Waals surface area contributed by atoms with Crippen LogP contribution in [0.5, 0.6) is 0 Å². The lowest BCUT2D eigenvalue weighted by atomic mass is 10.1. The number of nitrogens with one attached hydrogen (secondary N) is 1. The molecule has 1 atom stereocenters. The molecule has 0 fully saturated rings. The first-order chi connectivity index (χ1) is 11.0. The van der Waals surface area contributed by atoms with Crippen LogP contribution in [0.1, 0.15) is 29.5 Å². The van der Waals surface area contributed by atoms with E-state index in [4.69, 9.17) is 9.84 Å². The van der Waals surface area contributed by atoms with E-state index in [9.17, 15) is 9.59 Å². The Bertz CT molecular complexity index is 676. The van der Waals surface area contributed by atoms with Crippen LogP contribution in [0, 0.1) is 6.92 Å². The largest absolute Gasteiger partial charge is 0.481 e. The minimum atomic E-state index is -1.05. The summed E-state index contributed by atoms with van der Waals surface area (Å²) < 4.78 is 5.11. The molecule has 1 aromatic heterocycles. The Labute approximate surface area is 133 Å². The lowest BCUT2D eigenvalue weighted by Gasteiger charge is -2.16. The average molecular weight is 315 g/mol. The molecule has 0 spiro atoms. The summed E-state index contributed by atoms with van der Waals surface area (Å²) in [5.74, 6) is -0.549. The molecule has 1 aromatic carbocycles. The summed E-state index contributed by atoms with van der Waals surface area (Å²) >= 11 is 0. The van der Waals surface area contributed by atoms with E-state index in [0.717, 1.165) is 5.56 Å². The Kier molecular flexibility index (Phi) is 5.62. The molecule has 0 saturated carbocycles. The van der Waals surface area contributed by atoms with Gasteiger partial charge in [-0.25, -0.2) is 14.8 Å². The van der Waals surface area contributed by atoms with Gasteiger partial charge in [0.05, 0.1) is 18.2 Å². The van der Waals surface area contributed by atoms with Crippen LogP contribution in [0.15, 0.2) is 42.6 Å². The monoisotopic (exact) mass is 315 g/mol. The summed E-state index contributed by atoms with van der Waals surface area (Å²) in [4.78, 5) is 31.0. The van der Waals surface area contributed by atoms with Crippen molar-refractivity contribution in [3.63, 3.8) is 0 Å². The van der Waals surface area contributed by atoms with E-state index in [-0.39, 0.29) is 13.0 Å². The Morgan fingerprint density at radius 3 is 2.65 bits per heavy atom. The van der Waals surface area contributed by atoms with Crippen LogP contribution >= 0.6 is 0 Å². The number of carboxylic acids is 1. The summed E-state index contributed by atoms with van der Waals surface area (Å²) in [7, 11) is 0. The molecule has 0 bridgehead atoms. The number of alkyl carbamates (subject to hydrolysis) is 1. The SMILES string of the molecule is Cc1nccc([C@H](CC(=O)O)NC(=O)OCc2ccccc2)n1. The third kappa shape index (κ3) is 5.39. The molecule has 0 unspecified atom stereocenters. The molecule has 7 nitrogen and oxygen atoms in total. The van der Waals surface area contributed by atoms with E-state index in [0.29, 0.717) is 11.5 Å². The summed E-state index contributed by atoms with van der Waals surface area (Å²) in [5, 5.41) is 11.5. The Morgan fingerprint density at radius 1 is 1.26 bits per heavy atom. The van der Waals surface area contributed by atoms with Crippen LogP contribution in [0.4, 0.5) is 4.79 Å². The zero-order valence-electron chi connectivity index (χ0n) is 12.6. The number of carboxylic acid groups (broad SMARTS) is 1. The van der Waals surface area contributed by atoms with Gasteiger partial charge >= 0.3 is 12.1 Å². The standard InChI is InChI=1S/C16H17N3O4/c1-11-17-8-7-13(18-11)14(9-15(20)21)19-16(22)23-10-12-5-3-2-4-6-12/h2-8,14H,9-10H2,1H3,(H,19,22)(H,20,21)/t14-/m0/s1. The van der Waals surface area contributed by atoms with Crippen molar-refractivity contribution in [3.8, 4) is 0 Å². The first-order valence-corrected chi connectivity index (χ1v) is 7.03. The van der Waals surface area contributed by atoms with Crippen LogP contribution < -0.4 is 5.32 Å². The minimum absolute atomic E-state index is 0.106. The number of benzene rings is 1. The van der Waals surface area contributed by atoms with Gasteiger partial charge in [0.25, 0.3) is 0 Å². The smallest absolute Gasteiger partial charge is 0.408 e. The number of nitrogens with zero attached hydrogens (tertiary/aromatic N) is 2. The molecule has 2 aromatic rings. The van der Waals surface area contributed by atoms with E-state index < -0.39 is 18.1 Å². The highest BCUT2D eigenvalue weighted by molar-refractivity contribution is 5.71. The van der Waals surface area contributed by atoms with Crippen molar-refractivity contribution in [1.82, 2.24) is 15.3 Å². The van der Waals surface area contributed by atoms with Gasteiger partial charge in [-0.15, -0.1) is 0 Å². The Hall–Kier alpha value is -2.96. The summed E-state index contributed by atoms with van der Waals surface area (Å²) in [6.07, 6.45) is 0.525. The molecule has 23 heavy (non-hydrogen) atoms. The summed E-state index contributed by atoms with van der Waals surface area (Å²) in [6.45, 7) is 1.80. The lowest BCUT2D eigenvalue weighted by Crippen LogP contribution is -2.31. The minimum Gasteiger partial charge on any atom is -0.481 e. The van der Waals surface area contributed by atoms with E-state index >= 15 is 0 Å². The van der Waals surface area contributed by atoms with Gasteiger partial charge in [0, 0.05) is 6.20 Å². The number of carbonyl (C=O) groups is 2. The van der Waals surface area contributed by atoms with Gasteiger partial charge in [-0.3, -0.25) is 4.79 Å². The number of aryl methyl sites for hydroxylation is 1. The molecule has 7 heteroatoms. The number of aromatic nitrogens is 2. The zero-order valence-corrected chi connectivity index (χ0v) is 12.6. The fourth-order valence-electron chi connectivity index (χ4n) is 1.98. The maximum absolute atomic E-state index is 11.9. The first kappa shape index (κ1) is 16.4. The second kappa shape index (κ2) is 7.88. The van der Waals surface area contributed by atoms with Crippen LogP contribution in [-0.4, -0.2) is 27.1 Å². The maximum atomic E-state index is 11.9. The Balaban J connectivity index is 1.99. The van der Waals surface area contributed by atoms with Gasteiger partial charge in [-0.2, -0.15) is 0 Å². The molecule has 2 rings (SSSR count). The summed E-state index contributed by atoms with van der Waals surface area (Å²) in [6, 6.07) is 9.99. The van der Waals surface area contributed by atoms with E-state index in [2.05, 4.69) is 15.3 Å². The van der Waals surface area contributed by atoms with Gasteiger partial charge in [0.15, 0.2) is 0 Å². The molecule has 0 radical (unpaired) electrons. The van der Waals surface area contributed by atoms with E-state index in [1.54, 1.807) is 13.0 Å². The quantitative estimate of drug-likeness (QED) is 0.847. The van der Waals surface area contributed by atoms with Crippen molar-refractivity contribution >= 4 is 12.1 Å². The number of hydrogen-bond donors (Lipinski definition) is 2. The zero-order chi connectivity index (χ0) is 16.7. The molecule has 0 aliphatic carbocycles. The topological polar surface area (TPSA) is 101 Å². The third-order valence-corrected chi connectivity index (χ3v) is 3.04. The normalized spacial score (nSPS) is 11.5. The molecule has 1 amide bonds. The van der Waals surface area contributed by atoms with Crippen molar-refractivity contribution in [2.75, 3.05) is 0 Å². The highest BCUT2D eigenvalue weighted by atomic mass is 16.5. The first-order valence-electron chi connectivity index (χ1n) is 7.03. The lowest BCUT2D eigenvalue weighted by molar-refractivity contribution is -0.137. The van der Waals surface area contributed by atoms with Crippen LogP contribution in [0.3, 0.4) is 0 Å². The molecular weight excluding hydrogens is 298 g/mol. The van der Waals surface area contributed by atoms with Gasteiger partial charge in [0.2, 0.25) is 0 Å². The number of carbonyl (C=O) groups excluding carboxylic acids is 1. The molecule has 1 heterocycles. The highest BCUT2D eigenvalue weighted by Gasteiger charge is 2.20. The van der Waals surface area contributed by atoms with Gasteiger partial charge in [0.1, 0.15) is 12.4 Å². The molecule has 120 valence electrons. The van der Waals surface area contributed by atoms with Gasteiger partial charge in [-0.05, 0) is 18.6 Å². The average Bonchev–Trinajstić information content (AvgIpc) is 2.53. The predicted octanol–water partition coefficient (Wildman–Crippen LogP) is 2.23. The number of hydrogen-bond acceptors (Lipinski definition) is 5. The number of amides is 1. The molecule has 0 saturated heterocycles. The van der Waals surface area contributed by atoms with Crippen LogP contribution in [-0.2, 0) is 16.1 Å². The van der Waals surface area contributed by atoms with Crippen LogP contribution in [0.25, 0.3) is 0 Å². The molecule has 0 aliphatic heterocycles. The fourth-order valence-corrected chi connectivity index (χ4v) is 1.98. The Morgan fingerprint density at radius 2 is 2.00 bits per heavy atom. The van der Waals surface area contributed by atoms with Crippen molar-refractivity contribution in [2.24, 2.45) is 0 Å². The van der Waals surface area contributed by atoms with Crippen molar-refractivity contribution in [2.45, 2.75) is 26.0 Å².